The Labute approximate surface area is 92.5 Å². The average Bonchev–Trinajstić information content (AvgIpc) is 2.27. The van der Waals surface area contributed by atoms with Gasteiger partial charge in [0.15, 0.2) is 0 Å². The second kappa shape index (κ2) is 6.13. The van der Waals surface area contributed by atoms with Crippen molar-refractivity contribution in [2.75, 3.05) is 26.8 Å². The Morgan fingerprint density at radius 1 is 1.60 bits per heavy atom. The summed E-state index contributed by atoms with van der Waals surface area (Å²) in [5.74, 6) is 0. The van der Waals surface area contributed by atoms with E-state index in [0.29, 0.717) is 0 Å². The van der Waals surface area contributed by atoms with Crippen LogP contribution in [0.25, 0.3) is 0 Å². The molecule has 1 fully saturated rings. The van der Waals surface area contributed by atoms with Crippen molar-refractivity contribution in [3.05, 3.63) is 11.8 Å². The quantitative estimate of drug-likeness (QED) is 0.683. The minimum Gasteiger partial charge on any atom is -0.504 e. The van der Waals surface area contributed by atoms with Crippen molar-refractivity contribution in [2.24, 2.45) is 5.41 Å². The number of aliphatic hydroxyl groups is 1. The highest BCUT2D eigenvalue weighted by atomic mass is 16.5. The first-order valence-electron chi connectivity index (χ1n) is 5.78. The van der Waals surface area contributed by atoms with Crippen molar-refractivity contribution in [1.82, 2.24) is 5.32 Å². The molecule has 0 aromatic heterocycles. The maximum atomic E-state index is 9.55. The van der Waals surface area contributed by atoms with E-state index in [9.17, 15) is 5.11 Å². The topological polar surface area (TPSA) is 41.5 Å². The summed E-state index contributed by atoms with van der Waals surface area (Å²) in [4.78, 5) is 0. The van der Waals surface area contributed by atoms with Crippen LogP contribution in [0.3, 0.4) is 0 Å². The van der Waals surface area contributed by atoms with Crippen LogP contribution in [0.15, 0.2) is 11.8 Å². The van der Waals surface area contributed by atoms with Gasteiger partial charge in [-0.25, -0.2) is 0 Å². The molecule has 1 unspecified atom stereocenters. The lowest BCUT2D eigenvalue weighted by molar-refractivity contribution is 0.0976. The minimum absolute atomic E-state index is 0.0403. The molecule has 0 heterocycles. The predicted molar refractivity (Wildman–Crippen MR) is 61.6 cm³/mol. The fraction of sp³-hybridized carbons (Fsp3) is 0.833. The summed E-state index contributed by atoms with van der Waals surface area (Å²) in [5.41, 5.74) is 1.37. The van der Waals surface area contributed by atoms with E-state index >= 15 is 0 Å². The number of hydrogen-bond donors (Lipinski definition) is 2. The molecule has 3 heteroatoms. The molecular formula is C12H23NO2. The third-order valence-electron chi connectivity index (χ3n) is 3.18. The Morgan fingerprint density at radius 2 is 2.40 bits per heavy atom. The molecule has 1 aliphatic carbocycles. The summed E-state index contributed by atoms with van der Waals surface area (Å²) in [7, 11) is 1.69. The van der Waals surface area contributed by atoms with Gasteiger partial charge < -0.3 is 15.2 Å². The van der Waals surface area contributed by atoms with Gasteiger partial charge in [-0.1, -0.05) is 6.92 Å². The first kappa shape index (κ1) is 12.5. The molecule has 0 amide bonds. The predicted octanol–water partition coefficient (Wildman–Crippen LogP) is 1.68. The lowest BCUT2D eigenvalue weighted by atomic mass is 9.72. The second-order valence-electron chi connectivity index (χ2n) is 4.48. The van der Waals surface area contributed by atoms with Gasteiger partial charge in [0.25, 0.3) is 0 Å². The SMILES string of the molecule is CCNCC1(CO)CCC/C(=C\OC)C1. The van der Waals surface area contributed by atoms with Gasteiger partial charge in [-0.2, -0.15) is 0 Å². The zero-order valence-electron chi connectivity index (χ0n) is 9.88. The van der Waals surface area contributed by atoms with Crippen molar-refractivity contribution < 1.29 is 9.84 Å². The molecule has 88 valence electrons. The number of hydrogen-bond acceptors (Lipinski definition) is 3. The maximum Gasteiger partial charge on any atom is 0.0816 e. The average molecular weight is 213 g/mol. The summed E-state index contributed by atoms with van der Waals surface area (Å²) in [6.45, 7) is 4.23. The van der Waals surface area contributed by atoms with Crippen LogP contribution in [0.4, 0.5) is 0 Å². The van der Waals surface area contributed by atoms with Crippen molar-refractivity contribution in [3.8, 4) is 0 Å². The summed E-state index contributed by atoms with van der Waals surface area (Å²) < 4.78 is 5.06. The van der Waals surface area contributed by atoms with Crippen LogP contribution in [0, 0.1) is 5.41 Å². The number of allylic oxidation sites excluding steroid dienone is 1. The van der Waals surface area contributed by atoms with E-state index in [4.69, 9.17) is 4.74 Å². The number of methoxy groups -OCH3 is 1. The van der Waals surface area contributed by atoms with E-state index in [0.717, 1.165) is 38.8 Å². The van der Waals surface area contributed by atoms with Gasteiger partial charge in [-0.3, -0.25) is 0 Å². The van der Waals surface area contributed by atoms with E-state index in [1.54, 1.807) is 7.11 Å². The summed E-state index contributed by atoms with van der Waals surface area (Å²) in [6, 6.07) is 0. The van der Waals surface area contributed by atoms with Crippen molar-refractivity contribution in [2.45, 2.75) is 32.6 Å². The zero-order chi connectivity index (χ0) is 11.1. The van der Waals surface area contributed by atoms with Crippen LogP contribution in [-0.4, -0.2) is 31.9 Å². The third kappa shape index (κ3) is 3.50. The molecule has 0 aliphatic heterocycles. The van der Waals surface area contributed by atoms with E-state index in [1.807, 2.05) is 6.26 Å². The molecule has 1 aliphatic rings. The molecule has 1 saturated carbocycles. The molecular weight excluding hydrogens is 190 g/mol. The van der Waals surface area contributed by atoms with E-state index in [1.165, 1.54) is 5.57 Å². The van der Waals surface area contributed by atoms with E-state index < -0.39 is 0 Å². The molecule has 2 N–H and O–H groups in total. The van der Waals surface area contributed by atoms with Gasteiger partial charge in [-0.15, -0.1) is 0 Å². The number of rotatable bonds is 5. The minimum atomic E-state index is 0.0403. The number of nitrogens with one attached hydrogen (secondary N) is 1. The third-order valence-corrected chi connectivity index (χ3v) is 3.18. The highest BCUT2D eigenvalue weighted by molar-refractivity contribution is 5.07. The van der Waals surface area contributed by atoms with Crippen molar-refractivity contribution >= 4 is 0 Å². The van der Waals surface area contributed by atoms with Gasteiger partial charge in [0, 0.05) is 12.0 Å². The lowest BCUT2D eigenvalue weighted by Crippen LogP contribution is -2.39. The molecule has 1 rings (SSSR count). The molecule has 0 spiro atoms. The smallest absolute Gasteiger partial charge is 0.0816 e. The zero-order valence-corrected chi connectivity index (χ0v) is 9.88. The van der Waals surface area contributed by atoms with Crippen molar-refractivity contribution in [3.63, 3.8) is 0 Å². The van der Waals surface area contributed by atoms with Gasteiger partial charge in [0.2, 0.25) is 0 Å². The Morgan fingerprint density at radius 3 is 3.00 bits per heavy atom. The Kier molecular flexibility index (Phi) is 5.12. The normalized spacial score (nSPS) is 29.4. The van der Waals surface area contributed by atoms with Crippen molar-refractivity contribution in [1.29, 1.82) is 0 Å². The maximum absolute atomic E-state index is 9.55. The molecule has 1 atom stereocenters. The molecule has 0 radical (unpaired) electrons. The Bertz CT molecular complexity index is 216. The van der Waals surface area contributed by atoms with Crippen LogP contribution in [0.2, 0.25) is 0 Å². The molecule has 15 heavy (non-hydrogen) atoms. The fourth-order valence-electron chi connectivity index (χ4n) is 2.35. The first-order valence-corrected chi connectivity index (χ1v) is 5.78. The fourth-order valence-corrected chi connectivity index (χ4v) is 2.35. The van der Waals surface area contributed by atoms with Gasteiger partial charge in [0.1, 0.15) is 0 Å². The van der Waals surface area contributed by atoms with Gasteiger partial charge in [-0.05, 0) is 37.8 Å². The van der Waals surface area contributed by atoms with Gasteiger partial charge in [0.05, 0.1) is 20.0 Å². The van der Waals surface area contributed by atoms with Crippen LogP contribution in [0.5, 0.6) is 0 Å². The number of ether oxygens (including phenoxy) is 1. The standard InChI is InChI=1S/C12H23NO2/c1-3-13-9-12(10-14)6-4-5-11(7-12)8-15-2/h8,13-14H,3-7,9-10H2,1-2H3/b11-8+. The lowest BCUT2D eigenvalue weighted by Gasteiger charge is -2.36. The molecule has 3 nitrogen and oxygen atoms in total. The van der Waals surface area contributed by atoms with Crippen LogP contribution in [0.1, 0.15) is 32.6 Å². The van der Waals surface area contributed by atoms with Crippen LogP contribution >= 0.6 is 0 Å². The summed E-state index contributed by atoms with van der Waals surface area (Å²) in [6.07, 6.45) is 6.18. The molecule has 0 aromatic carbocycles. The summed E-state index contributed by atoms with van der Waals surface area (Å²) >= 11 is 0. The Balaban J connectivity index is 2.59. The molecule has 0 aromatic rings. The molecule has 0 bridgehead atoms. The number of aliphatic hydroxyl groups excluding tert-OH is 1. The van der Waals surface area contributed by atoms with Gasteiger partial charge >= 0.3 is 0 Å². The first-order chi connectivity index (χ1) is 7.26. The van der Waals surface area contributed by atoms with Crippen LogP contribution in [-0.2, 0) is 4.74 Å². The highest BCUT2D eigenvalue weighted by Crippen LogP contribution is 2.38. The van der Waals surface area contributed by atoms with E-state index in [2.05, 4.69) is 12.2 Å². The largest absolute Gasteiger partial charge is 0.504 e. The van der Waals surface area contributed by atoms with Crippen LogP contribution < -0.4 is 5.32 Å². The Hall–Kier alpha value is -0.540. The monoisotopic (exact) mass is 213 g/mol. The van der Waals surface area contributed by atoms with E-state index in [-0.39, 0.29) is 12.0 Å². The molecule has 0 saturated heterocycles. The summed E-state index contributed by atoms with van der Waals surface area (Å²) in [5, 5.41) is 12.9. The highest BCUT2D eigenvalue weighted by Gasteiger charge is 2.33. The second-order valence-corrected chi connectivity index (χ2v) is 4.48.